The van der Waals surface area contributed by atoms with Crippen LogP contribution in [0.4, 0.5) is 30.6 Å². The predicted molar refractivity (Wildman–Crippen MR) is 388 cm³/mol. The summed E-state index contributed by atoms with van der Waals surface area (Å²) < 4.78 is 35.4. The maximum atomic E-state index is 14.5. The van der Waals surface area contributed by atoms with Gasteiger partial charge in [-0.05, 0) is 166 Å². The van der Waals surface area contributed by atoms with E-state index in [0.717, 1.165) is 36.8 Å². The van der Waals surface area contributed by atoms with Crippen LogP contribution in [0.2, 0.25) is 0 Å². The molecule has 2 fully saturated rings. The van der Waals surface area contributed by atoms with Crippen LogP contribution in [-0.2, 0) is 53.0 Å². The minimum Gasteiger partial charge on any atom is -0.471 e. The third-order valence-corrected chi connectivity index (χ3v) is 18.4. The Hall–Kier alpha value is -9.64. The average Bonchev–Trinajstić information content (AvgIpc) is 0.747. The molecule has 4 heterocycles. The van der Waals surface area contributed by atoms with Gasteiger partial charge in [0.2, 0.25) is 11.2 Å². The highest BCUT2D eigenvalue weighted by molar-refractivity contribution is 9.10. The van der Waals surface area contributed by atoms with Crippen molar-refractivity contribution < 1.29 is 66.8 Å². The number of nitrogens with zero attached hydrogens (tertiary/aromatic N) is 6. The highest BCUT2D eigenvalue weighted by Gasteiger charge is 2.49. The number of nitrogens with one attached hydrogen (secondary N) is 2. The SMILES string of the molecule is CC(C)N(C(=O)c1cc2c(cc1Br)O[C@@](C)(c1ccccc1)C(=O)N2CCNC(=O)OCc1ccccc1)[C@@H]1CCCN(C(=O)OC(C)(C)C)C1.CC(C)N(C(=O)c1ccc2c(c1)N(CCNC(=O)OCc1ccccc1)C(=O)[C@](C)(c1ccccc1)O2)[C@@H]1CCCN(C(=O)OC(C)(C)C)C1. The molecule has 0 saturated carbocycles. The lowest BCUT2D eigenvalue weighted by molar-refractivity contribution is -0.135. The number of benzene rings is 6. The number of anilines is 2. The summed E-state index contributed by atoms with van der Waals surface area (Å²) >= 11 is 3.63. The summed E-state index contributed by atoms with van der Waals surface area (Å²) in [6.07, 6.45) is 0.911. The Kier molecular flexibility index (Phi) is 24.5. The number of halogens is 1. The van der Waals surface area contributed by atoms with Crippen LogP contribution in [0.1, 0.15) is 152 Å². The number of alkyl carbamates (subject to hydrolysis) is 2. The lowest BCUT2D eigenvalue weighted by Crippen LogP contribution is -2.55. The normalized spacial score (nSPS) is 18.9. The van der Waals surface area contributed by atoms with Crippen LogP contribution in [0.25, 0.3) is 0 Å². The van der Waals surface area contributed by atoms with Gasteiger partial charge in [0.1, 0.15) is 35.9 Å². The van der Waals surface area contributed by atoms with Crippen LogP contribution in [0.15, 0.2) is 156 Å². The first kappa shape index (κ1) is 75.6. The van der Waals surface area contributed by atoms with Gasteiger partial charge < -0.3 is 68.5 Å². The van der Waals surface area contributed by atoms with Gasteiger partial charge in [-0.3, -0.25) is 19.2 Å². The average molecular weight is 1450 g/mol. The Morgan fingerprint density at radius 1 is 0.545 bits per heavy atom. The topological polar surface area (TPSA) is 235 Å². The second-order valence-electron chi connectivity index (χ2n) is 28.4. The zero-order valence-electron chi connectivity index (χ0n) is 59.9. The molecular formula is C78H95BrN8O14. The van der Waals surface area contributed by atoms with E-state index in [1.165, 1.54) is 0 Å². The minimum absolute atomic E-state index is 0.0870. The first-order chi connectivity index (χ1) is 47.9. The fraction of sp³-hybridized carbons (Fsp3) is 0.436. The van der Waals surface area contributed by atoms with Crippen LogP contribution >= 0.6 is 15.9 Å². The summed E-state index contributed by atoms with van der Waals surface area (Å²) in [5.74, 6) is -0.305. The van der Waals surface area contributed by atoms with Crippen molar-refractivity contribution in [3.05, 3.63) is 190 Å². The van der Waals surface area contributed by atoms with Crippen molar-refractivity contribution in [3.63, 3.8) is 0 Å². The number of carbonyl (C=O) groups is 8. The van der Waals surface area contributed by atoms with Crippen LogP contribution < -0.4 is 29.9 Å². The lowest BCUT2D eigenvalue weighted by Gasteiger charge is -2.43. The molecule has 2 saturated heterocycles. The van der Waals surface area contributed by atoms with Gasteiger partial charge in [-0.15, -0.1) is 0 Å². The van der Waals surface area contributed by atoms with E-state index in [2.05, 4.69) is 26.6 Å². The molecular weight excluding hydrogens is 1350 g/mol. The maximum Gasteiger partial charge on any atom is 0.410 e. The summed E-state index contributed by atoms with van der Waals surface area (Å²) in [7, 11) is 0. The number of piperidine rings is 2. The molecule has 10 rings (SSSR count). The summed E-state index contributed by atoms with van der Waals surface area (Å²) in [6.45, 7) is 24.7. The summed E-state index contributed by atoms with van der Waals surface area (Å²) in [5.41, 5.74) is 0.636. The smallest absolute Gasteiger partial charge is 0.410 e. The molecule has 0 aromatic heterocycles. The second-order valence-corrected chi connectivity index (χ2v) is 29.3. The zero-order valence-corrected chi connectivity index (χ0v) is 61.5. The van der Waals surface area contributed by atoms with E-state index in [9.17, 15) is 38.4 Å². The zero-order chi connectivity index (χ0) is 73.0. The summed E-state index contributed by atoms with van der Waals surface area (Å²) in [4.78, 5) is 118. The van der Waals surface area contributed by atoms with Gasteiger partial charge in [-0.25, -0.2) is 19.2 Å². The lowest BCUT2D eigenvalue weighted by atomic mass is 9.91. The molecule has 6 aromatic rings. The number of likely N-dealkylation sites (tertiary alicyclic amines) is 2. The van der Waals surface area contributed by atoms with Gasteiger partial charge in [0.25, 0.3) is 23.6 Å². The van der Waals surface area contributed by atoms with Crippen LogP contribution in [-0.4, -0.2) is 155 Å². The van der Waals surface area contributed by atoms with Gasteiger partial charge in [0.15, 0.2) is 0 Å². The number of hydrogen-bond acceptors (Lipinski definition) is 14. The van der Waals surface area contributed by atoms with Crippen LogP contribution in [0, 0.1) is 0 Å². The van der Waals surface area contributed by atoms with E-state index in [1.54, 1.807) is 68.7 Å². The maximum absolute atomic E-state index is 14.5. The molecule has 101 heavy (non-hydrogen) atoms. The van der Waals surface area contributed by atoms with Crippen molar-refractivity contribution in [1.29, 1.82) is 0 Å². The number of hydrogen-bond donors (Lipinski definition) is 2. The highest BCUT2D eigenvalue weighted by atomic mass is 79.9. The molecule has 0 bridgehead atoms. The Balaban J connectivity index is 0.000000235. The summed E-state index contributed by atoms with van der Waals surface area (Å²) in [6, 6.07) is 44.8. The van der Waals surface area contributed by atoms with Crippen molar-refractivity contribution >= 4 is 75.3 Å². The molecule has 22 nitrogen and oxygen atoms in total. The van der Waals surface area contributed by atoms with Crippen molar-refractivity contribution in [3.8, 4) is 11.5 Å². The fourth-order valence-electron chi connectivity index (χ4n) is 12.9. The molecule has 0 aliphatic carbocycles. The van der Waals surface area contributed by atoms with E-state index in [4.69, 9.17) is 28.4 Å². The highest BCUT2D eigenvalue weighted by Crippen LogP contribution is 2.46. The summed E-state index contributed by atoms with van der Waals surface area (Å²) in [5, 5.41) is 5.49. The Labute approximate surface area is 601 Å². The number of fused-ring (bicyclic) bond motifs is 2. The molecule has 2 N–H and O–H groups in total. The van der Waals surface area contributed by atoms with E-state index >= 15 is 0 Å². The fourth-order valence-corrected chi connectivity index (χ4v) is 13.4. The minimum atomic E-state index is -1.37. The van der Waals surface area contributed by atoms with Crippen LogP contribution in [0.3, 0.4) is 0 Å². The standard InChI is InChI=1S/C39H47BrN4O7.C39H48N4O7/c1-26(2)44(29-18-13-20-42(24-29)37(48)51-38(3,4)5)34(45)30-22-32-33(23-31(30)40)50-39(6,28-16-11-8-12-17-28)35(46)43(32)21-19-41-36(47)49-25-27-14-9-7-10-15-27;1-27(2)43(31-18-13-22-41(25-31)37(47)50-38(3,4)5)34(44)29-19-20-33-32(24-29)42(35(45)39(6,49-33)30-16-11-8-12-17-30)23-21-40-36(46)48-26-28-14-9-7-10-15-28/h7-12,14-17,22-23,26,29H,13,18-21,24-25H2,1-6H3,(H,41,47);7-12,14-17,19-20,24,27,31H,13,18,21-23,25-26H2,1-6H3,(H,40,46)/t29-,39+;31-,39+/m11/s1. The third-order valence-electron chi connectivity index (χ3n) is 17.8. The number of amides is 8. The van der Waals surface area contributed by atoms with E-state index in [1.807, 2.05) is 195 Å². The van der Waals surface area contributed by atoms with E-state index in [-0.39, 0.29) is 87.2 Å². The molecule has 0 radical (unpaired) electrons. The van der Waals surface area contributed by atoms with E-state index < -0.39 is 46.8 Å². The predicted octanol–water partition coefficient (Wildman–Crippen LogP) is 13.8. The van der Waals surface area contributed by atoms with Gasteiger partial charge >= 0.3 is 24.4 Å². The largest absolute Gasteiger partial charge is 0.471 e. The molecule has 0 spiro atoms. The third kappa shape index (κ3) is 18.9. The molecule has 4 aliphatic heterocycles. The van der Waals surface area contributed by atoms with Crippen molar-refractivity contribution in [2.24, 2.45) is 0 Å². The Bertz CT molecular complexity index is 3910. The van der Waals surface area contributed by atoms with Gasteiger partial charge in [-0.2, -0.15) is 0 Å². The quantitative estimate of drug-likeness (QED) is 0.0762. The van der Waals surface area contributed by atoms with Gasteiger partial charge in [0, 0.05) is 85.6 Å². The van der Waals surface area contributed by atoms with E-state index in [0.29, 0.717) is 75.8 Å². The van der Waals surface area contributed by atoms with Crippen LogP contribution in [0.5, 0.6) is 11.5 Å². The van der Waals surface area contributed by atoms with Gasteiger partial charge in [0.05, 0.1) is 29.0 Å². The Morgan fingerprint density at radius 2 is 0.941 bits per heavy atom. The monoisotopic (exact) mass is 1450 g/mol. The number of ether oxygens (including phenoxy) is 6. The first-order valence-electron chi connectivity index (χ1n) is 34.6. The molecule has 6 aromatic carbocycles. The van der Waals surface area contributed by atoms with Crippen molar-refractivity contribution in [2.45, 2.75) is 169 Å². The van der Waals surface area contributed by atoms with Crippen molar-refractivity contribution in [2.75, 3.05) is 62.2 Å². The number of carbonyl (C=O) groups excluding carboxylic acids is 8. The molecule has 8 amide bonds. The number of rotatable bonds is 18. The Morgan fingerprint density at radius 3 is 1.36 bits per heavy atom. The first-order valence-corrected chi connectivity index (χ1v) is 35.3. The molecule has 23 heteroatoms. The molecule has 4 atom stereocenters. The second kappa shape index (κ2) is 32.8. The molecule has 4 aliphatic rings. The molecule has 0 unspecified atom stereocenters. The van der Waals surface area contributed by atoms with Crippen molar-refractivity contribution in [1.82, 2.24) is 30.2 Å². The van der Waals surface area contributed by atoms with Gasteiger partial charge in [-0.1, -0.05) is 121 Å². The molecule has 538 valence electrons.